The summed E-state index contributed by atoms with van der Waals surface area (Å²) in [5, 5.41) is 12.2. The lowest BCUT2D eigenvalue weighted by atomic mass is 9.82. The third kappa shape index (κ3) is 3.58. The van der Waals surface area contributed by atoms with Gasteiger partial charge < -0.3 is 5.32 Å². The minimum Gasteiger partial charge on any atom is -0.385 e. The molecule has 0 aliphatic rings. The molecule has 0 aliphatic heterocycles. The number of nitrogens with one attached hydrogen (secondary N) is 1. The minimum atomic E-state index is 0.305. The highest BCUT2D eigenvalue weighted by atomic mass is 14.9. The molecule has 2 nitrogen and oxygen atoms in total. The fourth-order valence-corrected chi connectivity index (χ4v) is 1.28. The van der Waals surface area contributed by atoms with Gasteiger partial charge in [0.1, 0.15) is 0 Å². The van der Waals surface area contributed by atoms with Crippen molar-refractivity contribution < 1.29 is 0 Å². The molecule has 0 amide bonds. The van der Waals surface area contributed by atoms with E-state index >= 15 is 0 Å². The standard InChI is InChI=1S/C14H20N2/c1-11(14(2,3)4)10-16-13-7-5-6-12(8-13)9-15/h5-8,11,16H,10H2,1-4H3. The van der Waals surface area contributed by atoms with E-state index < -0.39 is 0 Å². The summed E-state index contributed by atoms with van der Waals surface area (Å²) in [4.78, 5) is 0. The molecule has 0 radical (unpaired) electrons. The Labute approximate surface area is 98.3 Å². The van der Waals surface area contributed by atoms with Crippen molar-refractivity contribution in [3.8, 4) is 6.07 Å². The molecule has 1 aromatic carbocycles. The van der Waals surface area contributed by atoms with E-state index in [1.165, 1.54) is 0 Å². The first-order valence-electron chi connectivity index (χ1n) is 5.67. The largest absolute Gasteiger partial charge is 0.385 e. The van der Waals surface area contributed by atoms with Crippen LogP contribution in [0.4, 0.5) is 5.69 Å². The van der Waals surface area contributed by atoms with Gasteiger partial charge in [-0.25, -0.2) is 0 Å². The van der Waals surface area contributed by atoms with E-state index in [0.717, 1.165) is 12.2 Å². The summed E-state index contributed by atoms with van der Waals surface area (Å²) < 4.78 is 0. The van der Waals surface area contributed by atoms with Crippen molar-refractivity contribution in [1.29, 1.82) is 5.26 Å². The molecule has 0 fully saturated rings. The predicted molar refractivity (Wildman–Crippen MR) is 68.3 cm³/mol. The maximum absolute atomic E-state index is 8.79. The van der Waals surface area contributed by atoms with Crippen LogP contribution >= 0.6 is 0 Å². The van der Waals surface area contributed by atoms with Gasteiger partial charge in [-0.1, -0.05) is 33.8 Å². The van der Waals surface area contributed by atoms with Gasteiger partial charge in [0, 0.05) is 12.2 Å². The molecule has 86 valence electrons. The number of hydrogen-bond acceptors (Lipinski definition) is 2. The van der Waals surface area contributed by atoms with Crippen LogP contribution in [-0.2, 0) is 0 Å². The predicted octanol–water partition coefficient (Wildman–Crippen LogP) is 3.65. The zero-order chi connectivity index (χ0) is 12.2. The van der Waals surface area contributed by atoms with Crippen molar-refractivity contribution in [2.75, 3.05) is 11.9 Å². The molecule has 0 bridgehead atoms. The van der Waals surface area contributed by atoms with Gasteiger partial charge in [0.2, 0.25) is 0 Å². The second-order valence-corrected chi connectivity index (χ2v) is 5.34. The molecule has 1 rings (SSSR count). The molecule has 1 atom stereocenters. The second-order valence-electron chi connectivity index (χ2n) is 5.34. The van der Waals surface area contributed by atoms with E-state index in [1.807, 2.05) is 24.3 Å². The second kappa shape index (κ2) is 5.03. The van der Waals surface area contributed by atoms with Crippen LogP contribution in [-0.4, -0.2) is 6.54 Å². The Balaban J connectivity index is 2.59. The molecule has 1 aromatic rings. The number of anilines is 1. The molecular weight excluding hydrogens is 196 g/mol. The van der Waals surface area contributed by atoms with Crippen LogP contribution in [0.5, 0.6) is 0 Å². The number of nitrogens with zero attached hydrogens (tertiary/aromatic N) is 1. The van der Waals surface area contributed by atoms with Crippen molar-refractivity contribution in [3.63, 3.8) is 0 Å². The molecule has 0 spiro atoms. The minimum absolute atomic E-state index is 0.305. The van der Waals surface area contributed by atoms with E-state index in [2.05, 4.69) is 39.1 Å². The van der Waals surface area contributed by atoms with Gasteiger partial charge >= 0.3 is 0 Å². The zero-order valence-electron chi connectivity index (χ0n) is 10.5. The first kappa shape index (κ1) is 12.6. The third-order valence-corrected chi connectivity index (χ3v) is 3.08. The summed E-state index contributed by atoms with van der Waals surface area (Å²) in [6, 6.07) is 9.75. The molecule has 0 saturated carbocycles. The lowest BCUT2D eigenvalue weighted by Gasteiger charge is -2.27. The van der Waals surface area contributed by atoms with Crippen LogP contribution in [0.1, 0.15) is 33.3 Å². The van der Waals surface area contributed by atoms with Crippen LogP contribution in [0, 0.1) is 22.7 Å². The van der Waals surface area contributed by atoms with Gasteiger partial charge in [0.25, 0.3) is 0 Å². The zero-order valence-corrected chi connectivity index (χ0v) is 10.5. The molecule has 2 heteroatoms. The van der Waals surface area contributed by atoms with Crippen molar-refractivity contribution in [1.82, 2.24) is 0 Å². The summed E-state index contributed by atoms with van der Waals surface area (Å²) in [6.45, 7) is 9.89. The Kier molecular flexibility index (Phi) is 3.95. The van der Waals surface area contributed by atoms with E-state index in [9.17, 15) is 0 Å². The summed E-state index contributed by atoms with van der Waals surface area (Å²) in [6.07, 6.45) is 0. The fraction of sp³-hybridized carbons (Fsp3) is 0.500. The normalized spacial score (nSPS) is 12.9. The summed E-state index contributed by atoms with van der Waals surface area (Å²) in [5.41, 5.74) is 2.03. The van der Waals surface area contributed by atoms with Gasteiger partial charge in [0.05, 0.1) is 11.6 Å². The highest BCUT2D eigenvalue weighted by Crippen LogP contribution is 2.25. The van der Waals surface area contributed by atoms with Gasteiger partial charge in [0.15, 0.2) is 0 Å². The van der Waals surface area contributed by atoms with Crippen LogP contribution in [0.15, 0.2) is 24.3 Å². The average Bonchev–Trinajstić information content (AvgIpc) is 2.25. The van der Waals surface area contributed by atoms with E-state index in [1.54, 1.807) is 0 Å². The van der Waals surface area contributed by atoms with E-state index in [0.29, 0.717) is 16.9 Å². The molecule has 0 heterocycles. The molecule has 1 N–H and O–H groups in total. The first-order chi connectivity index (χ1) is 7.43. The Morgan fingerprint density at radius 1 is 1.38 bits per heavy atom. The van der Waals surface area contributed by atoms with Crippen LogP contribution < -0.4 is 5.32 Å². The van der Waals surface area contributed by atoms with Crippen molar-refractivity contribution >= 4 is 5.69 Å². The Morgan fingerprint density at radius 2 is 2.06 bits per heavy atom. The molecule has 0 aromatic heterocycles. The summed E-state index contributed by atoms with van der Waals surface area (Å²) in [7, 11) is 0. The van der Waals surface area contributed by atoms with Crippen LogP contribution in [0.2, 0.25) is 0 Å². The quantitative estimate of drug-likeness (QED) is 0.837. The van der Waals surface area contributed by atoms with Gasteiger partial charge in [-0.3, -0.25) is 0 Å². The van der Waals surface area contributed by atoms with Gasteiger partial charge in [-0.2, -0.15) is 5.26 Å². The maximum Gasteiger partial charge on any atom is 0.0992 e. The fourth-order valence-electron chi connectivity index (χ4n) is 1.28. The Hall–Kier alpha value is -1.49. The number of benzene rings is 1. The lowest BCUT2D eigenvalue weighted by Crippen LogP contribution is -2.24. The lowest BCUT2D eigenvalue weighted by molar-refractivity contribution is 0.274. The molecule has 0 aliphatic carbocycles. The van der Waals surface area contributed by atoms with Gasteiger partial charge in [-0.15, -0.1) is 0 Å². The highest BCUT2D eigenvalue weighted by molar-refractivity contribution is 5.49. The van der Waals surface area contributed by atoms with Crippen molar-refractivity contribution in [2.45, 2.75) is 27.7 Å². The summed E-state index contributed by atoms with van der Waals surface area (Å²) in [5.74, 6) is 0.582. The number of nitriles is 1. The van der Waals surface area contributed by atoms with Gasteiger partial charge in [-0.05, 0) is 29.5 Å². The number of rotatable bonds is 3. The molecule has 0 saturated heterocycles. The third-order valence-electron chi connectivity index (χ3n) is 3.08. The SMILES string of the molecule is CC(CNc1cccc(C#N)c1)C(C)(C)C. The molecular formula is C14H20N2. The van der Waals surface area contributed by atoms with E-state index in [4.69, 9.17) is 5.26 Å². The maximum atomic E-state index is 8.79. The van der Waals surface area contributed by atoms with Crippen molar-refractivity contribution in [3.05, 3.63) is 29.8 Å². The van der Waals surface area contributed by atoms with Crippen LogP contribution in [0.3, 0.4) is 0 Å². The van der Waals surface area contributed by atoms with Crippen molar-refractivity contribution in [2.24, 2.45) is 11.3 Å². The smallest absolute Gasteiger partial charge is 0.0992 e. The van der Waals surface area contributed by atoms with E-state index in [-0.39, 0.29) is 0 Å². The Morgan fingerprint density at radius 3 is 2.62 bits per heavy atom. The average molecular weight is 216 g/mol. The topological polar surface area (TPSA) is 35.8 Å². The molecule has 1 unspecified atom stereocenters. The Bertz CT molecular complexity index is 382. The monoisotopic (exact) mass is 216 g/mol. The molecule has 16 heavy (non-hydrogen) atoms. The first-order valence-corrected chi connectivity index (χ1v) is 5.67. The highest BCUT2D eigenvalue weighted by Gasteiger charge is 2.19. The van der Waals surface area contributed by atoms with Crippen LogP contribution in [0.25, 0.3) is 0 Å². The number of hydrogen-bond donors (Lipinski definition) is 1. The summed E-state index contributed by atoms with van der Waals surface area (Å²) >= 11 is 0.